The minimum absolute atomic E-state index is 0.212. The third-order valence-corrected chi connectivity index (χ3v) is 4.21. The number of anilines is 1. The van der Waals surface area contributed by atoms with Crippen molar-refractivity contribution in [1.82, 2.24) is 0 Å². The molecule has 1 unspecified atom stereocenters. The van der Waals surface area contributed by atoms with Gasteiger partial charge in [0.25, 0.3) is 0 Å². The van der Waals surface area contributed by atoms with E-state index in [-0.39, 0.29) is 5.41 Å². The molecule has 0 bridgehead atoms. The normalized spacial score (nSPS) is 17.9. The van der Waals surface area contributed by atoms with Crippen LogP contribution in [0.25, 0.3) is 0 Å². The van der Waals surface area contributed by atoms with Crippen LogP contribution in [-0.4, -0.2) is 19.6 Å². The van der Waals surface area contributed by atoms with Gasteiger partial charge in [-0.25, -0.2) is 0 Å². The lowest BCUT2D eigenvalue weighted by Crippen LogP contribution is -2.25. The number of fused-ring (bicyclic) bond motifs is 1. The Morgan fingerprint density at radius 2 is 2.15 bits per heavy atom. The van der Waals surface area contributed by atoms with Gasteiger partial charge in [0.15, 0.2) is 0 Å². The third kappa shape index (κ3) is 3.32. The monoisotopic (exact) mass is 271 g/mol. The van der Waals surface area contributed by atoms with Crippen LogP contribution in [0.3, 0.4) is 0 Å². The maximum absolute atomic E-state index is 9.08. The molecule has 1 heterocycles. The van der Waals surface area contributed by atoms with Gasteiger partial charge in [-0.15, -0.1) is 0 Å². The fourth-order valence-electron chi connectivity index (χ4n) is 3.01. The lowest BCUT2D eigenvalue weighted by atomic mass is 9.90. The average molecular weight is 271 g/mol. The van der Waals surface area contributed by atoms with Crippen LogP contribution >= 0.6 is 0 Å². The summed E-state index contributed by atoms with van der Waals surface area (Å²) in [5, 5.41) is 9.08. The number of nitrogens with two attached hydrogens (primary N) is 1. The van der Waals surface area contributed by atoms with E-state index in [1.807, 2.05) is 13.8 Å². The summed E-state index contributed by atoms with van der Waals surface area (Å²) in [6.07, 6.45) is 3.06. The van der Waals surface area contributed by atoms with Gasteiger partial charge in [-0.1, -0.05) is 18.2 Å². The van der Waals surface area contributed by atoms with E-state index in [2.05, 4.69) is 35.2 Å². The molecule has 1 atom stereocenters. The zero-order valence-electron chi connectivity index (χ0n) is 12.6. The smallest absolute Gasteiger partial charge is 0.0683 e. The first-order chi connectivity index (χ1) is 9.57. The Bertz CT molecular complexity index is 487. The number of benzene rings is 1. The Morgan fingerprint density at radius 1 is 1.40 bits per heavy atom. The van der Waals surface area contributed by atoms with E-state index in [9.17, 15) is 0 Å². The Balaban J connectivity index is 1.99. The number of para-hydroxylation sites is 1. The van der Waals surface area contributed by atoms with Crippen LogP contribution in [0.1, 0.15) is 44.6 Å². The summed E-state index contributed by atoms with van der Waals surface area (Å²) >= 11 is 0. The third-order valence-electron chi connectivity index (χ3n) is 4.21. The molecule has 0 spiro atoms. The maximum atomic E-state index is 9.08. The minimum Gasteiger partial charge on any atom is -0.371 e. The van der Waals surface area contributed by atoms with Crippen LogP contribution in [0.4, 0.5) is 5.69 Å². The summed E-state index contributed by atoms with van der Waals surface area (Å²) in [5.41, 5.74) is 8.32. The molecule has 2 rings (SSSR count). The first kappa shape index (κ1) is 14.9. The largest absolute Gasteiger partial charge is 0.371 e. The van der Waals surface area contributed by atoms with Gasteiger partial charge in [-0.05, 0) is 51.3 Å². The lowest BCUT2D eigenvalue weighted by molar-refractivity contribution is 0.434. The van der Waals surface area contributed by atoms with E-state index in [0.29, 0.717) is 5.92 Å². The predicted molar refractivity (Wildman–Crippen MR) is 83.7 cm³/mol. The van der Waals surface area contributed by atoms with Gasteiger partial charge in [0.05, 0.1) is 11.5 Å². The van der Waals surface area contributed by atoms with Crippen LogP contribution in [-0.2, 0) is 0 Å². The molecule has 0 saturated carbocycles. The zero-order valence-corrected chi connectivity index (χ0v) is 12.6. The Hall–Kier alpha value is -1.53. The van der Waals surface area contributed by atoms with Crippen LogP contribution in [0, 0.1) is 16.7 Å². The van der Waals surface area contributed by atoms with Gasteiger partial charge in [-0.2, -0.15) is 5.26 Å². The quantitative estimate of drug-likeness (QED) is 0.864. The fourth-order valence-corrected chi connectivity index (χ4v) is 3.01. The summed E-state index contributed by atoms with van der Waals surface area (Å²) in [6.45, 7) is 6.88. The van der Waals surface area contributed by atoms with E-state index in [4.69, 9.17) is 11.0 Å². The van der Waals surface area contributed by atoms with Crippen LogP contribution in [0.2, 0.25) is 0 Å². The molecule has 3 nitrogen and oxygen atoms in total. The molecule has 0 aliphatic carbocycles. The molecule has 0 saturated heterocycles. The van der Waals surface area contributed by atoms with Gasteiger partial charge >= 0.3 is 0 Å². The van der Waals surface area contributed by atoms with Crippen LogP contribution in [0.15, 0.2) is 24.3 Å². The van der Waals surface area contributed by atoms with Gasteiger partial charge in [-0.3, -0.25) is 0 Å². The van der Waals surface area contributed by atoms with Crippen LogP contribution in [0.5, 0.6) is 0 Å². The maximum Gasteiger partial charge on any atom is 0.0683 e. The highest BCUT2D eigenvalue weighted by Gasteiger charge is 2.27. The molecule has 1 aromatic rings. The summed E-state index contributed by atoms with van der Waals surface area (Å²) in [5.74, 6) is 0.570. The van der Waals surface area contributed by atoms with Gasteiger partial charge in [0, 0.05) is 24.7 Å². The van der Waals surface area contributed by atoms with Gasteiger partial charge < -0.3 is 10.6 Å². The summed E-state index contributed by atoms with van der Waals surface area (Å²) in [4.78, 5) is 2.46. The Labute approximate surface area is 122 Å². The molecule has 108 valence electrons. The number of hydrogen-bond acceptors (Lipinski definition) is 3. The van der Waals surface area contributed by atoms with Crippen molar-refractivity contribution in [3.05, 3.63) is 29.8 Å². The molecule has 1 aliphatic rings. The highest BCUT2D eigenvalue weighted by molar-refractivity contribution is 5.60. The van der Waals surface area contributed by atoms with E-state index in [1.165, 1.54) is 11.3 Å². The first-order valence-corrected chi connectivity index (χ1v) is 7.52. The van der Waals surface area contributed by atoms with E-state index in [0.717, 1.165) is 38.9 Å². The second kappa shape index (κ2) is 6.28. The number of hydrogen-bond donors (Lipinski definition) is 1. The Kier molecular flexibility index (Phi) is 4.67. The topological polar surface area (TPSA) is 53.0 Å². The second-order valence-corrected chi connectivity index (χ2v) is 6.38. The van der Waals surface area contributed by atoms with E-state index in [1.54, 1.807) is 0 Å². The molecule has 0 fully saturated rings. The van der Waals surface area contributed by atoms with Crippen molar-refractivity contribution >= 4 is 5.69 Å². The molecule has 0 radical (unpaired) electrons. The van der Waals surface area contributed by atoms with Gasteiger partial charge in [0.2, 0.25) is 0 Å². The summed E-state index contributed by atoms with van der Waals surface area (Å²) in [7, 11) is 0. The molecular formula is C17H25N3. The van der Waals surface area contributed by atoms with E-state index < -0.39 is 0 Å². The van der Waals surface area contributed by atoms with Crippen molar-refractivity contribution in [3.63, 3.8) is 0 Å². The average Bonchev–Trinajstić information content (AvgIpc) is 2.78. The fraction of sp³-hybridized carbons (Fsp3) is 0.588. The first-order valence-electron chi connectivity index (χ1n) is 7.52. The summed E-state index contributed by atoms with van der Waals surface area (Å²) in [6, 6.07) is 11.0. The number of rotatable bonds is 6. The molecule has 3 heteroatoms. The predicted octanol–water partition coefficient (Wildman–Crippen LogP) is 3.27. The number of nitriles is 1. The van der Waals surface area contributed by atoms with Crippen molar-refractivity contribution in [2.75, 3.05) is 24.5 Å². The SMILES string of the molecule is CC(C)(C#N)CCCN1CC(CCN)c2ccccc21. The molecule has 2 N–H and O–H groups in total. The molecule has 1 aromatic carbocycles. The van der Waals surface area contributed by atoms with Crippen LogP contribution < -0.4 is 10.6 Å². The van der Waals surface area contributed by atoms with Gasteiger partial charge in [0.1, 0.15) is 0 Å². The molecule has 20 heavy (non-hydrogen) atoms. The number of nitrogens with zero attached hydrogens (tertiary/aromatic N) is 2. The highest BCUT2D eigenvalue weighted by atomic mass is 15.2. The molecular weight excluding hydrogens is 246 g/mol. The van der Waals surface area contributed by atoms with Crippen molar-refractivity contribution in [2.24, 2.45) is 11.1 Å². The molecule has 0 amide bonds. The molecule has 1 aliphatic heterocycles. The van der Waals surface area contributed by atoms with E-state index >= 15 is 0 Å². The van der Waals surface area contributed by atoms with Crippen molar-refractivity contribution in [3.8, 4) is 6.07 Å². The highest BCUT2D eigenvalue weighted by Crippen LogP contribution is 2.38. The van der Waals surface area contributed by atoms with Crippen molar-refractivity contribution < 1.29 is 0 Å². The standard InChI is InChI=1S/C17H25N3/c1-17(2,13-19)9-5-11-20-12-14(8-10-18)15-6-3-4-7-16(15)20/h3-4,6-7,14H,5,8-12,18H2,1-2H3. The van der Waals surface area contributed by atoms with Crippen molar-refractivity contribution in [2.45, 2.75) is 39.0 Å². The minimum atomic E-state index is -0.212. The lowest BCUT2D eigenvalue weighted by Gasteiger charge is -2.22. The molecule has 0 aromatic heterocycles. The summed E-state index contributed by atoms with van der Waals surface area (Å²) < 4.78 is 0. The van der Waals surface area contributed by atoms with Crippen molar-refractivity contribution in [1.29, 1.82) is 5.26 Å². The second-order valence-electron chi connectivity index (χ2n) is 6.38. The Morgan fingerprint density at radius 3 is 2.85 bits per heavy atom. The zero-order chi connectivity index (χ0) is 14.6.